The molecule has 0 bridgehead atoms. The Labute approximate surface area is 222 Å². The van der Waals surface area contributed by atoms with Crippen LogP contribution in [0, 0.1) is 0 Å². The van der Waals surface area contributed by atoms with Gasteiger partial charge in [0.2, 0.25) is 0 Å². The molecule has 0 radical (unpaired) electrons. The van der Waals surface area contributed by atoms with E-state index in [0.717, 1.165) is 24.2 Å². The lowest BCUT2D eigenvalue weighted by molar-refractivity contribution is 0.126. The van der Waals surface area contributed by atoms with Crippen molar-refractivity contribution in [3.8, 4) is 0 Å². The summed E-state index contributed by atoms with van der Waals surface area (Å²) in [5.41, 5.74) is 0. The van der Waals surface area contributed by atoms with Crippen LogP contribution in [0.1, 0.15) is 101 Å². The molecule has 4 aliphatic heterocycles. The van der Waals surface area contributed by atoms with E-state index in [1.165, 1.54) is 104 Å². The second-order valence-corrected chi connectivity index (χ2v) is 11.9. The van der Waals surface area contributed by atoms with Crippen molar-refractivity contribution in [3.05, 3.63) is 0 Å². The van der Waals surface area contributed by atoms with Gasteiger partial charge >= 0.3 is 0 Å². The van der Waals surface area contributed by atoms with E-state index in [-0.39, 0.29) is 7.43 Å². The smallest absolute Gasteiger partial charge is 0.0112 e. The topological polar surface area (TPSA) is 16.2 Å². The van der Waals surface area contributed by atoms with Crippen molar-refractivity contribution in [1.29, 1.82) is 0 Å². The summed E-state index contributed by atoms with van der Waals surface area (Å²) in [5, 5.41) is 0. The van der Waals surface area contributed by atoms with Gasteiger partial charge in [-0.1, -0.05) is 13.8 Å². The highest BCUT2D eigenvalue weighted by atomic mass is 15.3. The summed E-state index contributed by atoms with van der Waals surface area (Å²) in [4.78, 5) is 12.5. The summed E-state index contributed by atoms with van der Waals surface area (Å²) in [7, 11) is 2.19. The lowest BCUT2D eigenvalue weighted by atomic mass is 10.1. The van der Waals surface area contributed by atoms with Gasteiger partial charge in [-0.2, -0.15) is 0 Å². The molecule has 0 aromatic carbocycles. The summed E-state index contributed by atoms with van der Waals surface area (Å²) in [6.07, 6.45) is 8.52. The zero-order chi connectivity index (χ0) is 25.5. The van der Waals surface area contributed by atoms with E-state index in [1.807, 2.05) is 0 Å². The van der Waals surface area contributed by atoms with Crippen LogP contribution in [-0.4, -0.2) is 121 Å². The van der Waals surface area contributed by atoms with Gasteiger partial charge in [-0.05, 0) is 134 Å². The van der Waals surface area contributed by atoms with Gasteiger partial charge in [0.1, 0.15) is 0 Å². The van der Waals surface area contributed by atoms with Crippen molar-refractivity contribution < 1.29 is 0 Å². The number of likely N-dealkylation sites (N-methyl/N-ethyl adjacent to an activating group) is 1. The van der Waals surface area contributed by atoms with Crippen molar-refractivity contribution in [2.75, 3.05) is 72.5 Å². The van der Waals surface area contributed by atoms with E-state index in [9.17, 15) is 0 Å². The fraction of sp³-hybridized carbons (Fsp3) is 1.00. The average molecular weight is 498 g/mol. The molecule has 0 unspecified atom stereocenters. The highest BCUT2D eigenvalue weighted by Gasteiger charge is 2.16. The van der Waals surface area contributed by atoms with Crippen LogP contribution >= 0.6 is 0 Å². The Morgan fingerprint density at radius 2 is 0.600 bits per heavy atom. The first-order valence-electron chi connectivity index (χ1n) is 14.8. The molecule has 4 heterocycles. The molecule has 5 heteroatoms. The third kappa shape index (κ3) is 15.6. The summed E-state index contributed by atoms with van der Waals surface area (Å²) in [6.45, 7) is 31.1. The molecule has 0 saturated carbocycles. The number of hydrogen-bond donors (Lipinski definition) is 0. The summed E-state index contributed by atoms with van der Waals surface area (Å²) in [6, 6.07) is 3.06. The van der Waals surface area contributed by atoms with Gasteiger partial charge in [-0.15, -0.1) is 0 Å². The Kier molecular flexibility index (Phi) is 19.7. The second-order valence-electron chi connectivity index (χ2n) is 11.9. The fourth-order valence-corrected chi connectivity index (χ4v) is 4.89. The Hall–Kier alpha value is -0.200. The molecular formula is C30H67N5. The molecule has 0 aliphatic carbocycles. The number of piperazine rings is 1. The number of nitrogens with zero attached hydrogens (tertiary/aromatic N) is 5. The van der Waals surface area contributed by atoms with Crippen LogP contribution in [0.4, 0.5) is 0 Å². The minimum atomic E-state index is 0. The minimum Gasteiger partial charge on any atom is -0.304 e. The number of rotatable bonds is 4. The lowest BCUT2D eigenvalue weighted by Crippen LogP contribution is -2.47. The summed E-state index contributed by atoms with van der Waals surface area (Å²) >= 11 is 0. The van der Waals surface area contributed by atoms with Crippen LogP contribution in [0.3, 0.4) is 0 Å². The third-order valence-electron chi connectivity index (χ3n) is 7.88. The Morgan fingerprint density at radius 1 is 0.343 bits per heavy atom. The summed E-state index contributed by atoms with van der Waals surface area (Å²) < 4.78 is 0. The van der Waals surface area contributed by atoms with Crippen LogP contribution < -0.4 is 0 Å². The van der Waals surface area contributed by atoms with E-state index < -0.39 is 0 Å². The first-order chi connectivity index (χ1) is 16.1. The van der Waals surface area contributed by atoms with Gasteiger partial charge in [0.15, 0.2) is 0 Å². The third-order valence-corrected chi connectivity index (χ3v) is 7.88. The van der Waals surface area contributed by atoms with Crippen molar-refractivity contribution in [3.63, 3.8) is 0 Å². The van der Waals surface area contributed by atoms with Crippen molar-refractivity contribution in [2.45, 2.75) is 126 Å². The largest absolute Gasteiger partial charge is 0.304 e. The van der Waals surface area contributed by atoms with Crippen LogP contribution in [0.2, 0.25) is 0 Å². The lowest BCUT2D eigenvalue weighted by Gasteiger charge is -2.34. The number of piperidine rings is 1. The SMILES string of the molecule is C.CC(C)N1CCC1.CC(C)N1CCCC1.CC(C)N1CCCCC1.CC(C)N1CCN(C)CC1. The van der Waals surface area contributed by atoms with E-state index in [1.54, 1.807) is 0 Å². The normalized spacial score (nSPS) is 22.5. The number of likely N-dealkylation sites (tertiary alicyclic amines) is 3. The monoisotopic (exact) mass is 498 g/mol. The van der Waals surface area contributed by atoms with Crippen LogP contribution in [0.25, 0.3) is 0 Å². The molecule has 0 spiro atoms. The maximum atomic E-state index is 2.56. The van der Waals surface area contributed by atoms with Crippen molar-refractivity contribution in [2.24, 2.45) is 0 Å². The fourth-order valence-electron chi connectivity index (χ4n) is 4.89. The highest BCUT2D eigenvalue weighted by molar-refractivity contribution is 4.72. The van der Waals surface area contributed by atoms with Gasteiger partial charge in [-0.3, -0.25) is 4.90 Å². The molecule has 0 aromatic rings. The standard InChI is InChI=1S/C8H18N2.C8H17N.C7H15N.C6H13N.CH4/c1-8(2)10-6-4-9(3)5-7-10;1-8(2)9-6-4-3-5-7-9;1-7(2)8-5-3-4-6-8;1-6(2)7-4-3-5-7;/h8H,4-7H2,1-3H3;8H,3-7H2,1-2H3;7H,3-6H2,1-2H3;6H,3-5H2,1-2H3;1H4. The van der Waals surface area contributed by atoms with Crippen LogP contribution in [0.15, 0.2) is 0 Å². The molecule has 4 rings (SSSR count). The average Bonchev–Trinajstić information content (AvgIpc) is 3.30. The second kappa shape index (κ2) is 19.9. The van der Waals surface area contributed by atoms with Gasteiger partial charge in [-0.25, -0.2) is 0 Å². The summed E-state index contributed by atoms with van der Waals surface area (Å²) in [5.74, 6) is 0. The maximum Gasteiger partial charge on any atom is 0.0112 e. The number of hydrogen-bond acceptors (Lipinski definition) is 5. The molecule has 0 atom stereocenters. The molecule has 5 nitrogen and oxygen atoms in total. The molecule has 0 N–H and O–H groups in total. The maximum absolute atomic E-state index is 2.56. The van der Waals surface area contributed by atoms with E-state index in [4.69, 9.17) is 0 Å². The predicted molar refractivity (Wildman–Crippen MR) is 159 cm³/mol. The van der Waals surface area contributed by atoms with Crippen molar-refractivity contribution in [1.82, 2.24) is 24.5 Å². The molecule has 4 saturated heterocycles. The Balaban J connectivity index is 0.000000439. The zero-order valence-corrected chi connectivity index (χ0v) is 24.9. The molecular weight excluding hydrogens is 430 g/mol. The zero-order valence-electron chi connectivity index (χ0n) is 24.9. The molecule has 0 aromatic heterocycles. The first kappa shape index (κ1) is 34.8. The van der Waals surface area contributed by atoms with Gasteiger partial charge < -0.3 is 19.6 Å². The van der Waals surface area contributed by atoms with E-state index >= 15 is 0 Å². The molecule has 4 fully saturated rings. The quantitative estimate of drug-likeness (QED) is 0.490. The van der Waals surface area contributed by atoms with Gasteiger partial charge in [0.05, 0.1) is 0 Å². The van der Waals surface area contributed by atoms with Gasteiger partial charge in [0.25, 0.3) is 0 Å². The molecule has 212 valence electrons. The van der Waals surface area contributed by atoms with Gasteiger partial charge in [0, 0.05) is 50.3 Å². The minimum absolute atomic E-state index is 0. The highest BCUT2D eigenvalue weighted by Crippen LogP contribution is 2.11. The molecule has 35 heavy (non-hydrogen) atoms. The Bertz CT molecular complexity index is 455. The molecule has 0 amide bonds. The van der Waals surface area contributed by atoms with Crippen molar-refractivity contribution >= 4 is 0 Å². The molecule has 4 aliphatic rings. The van der Waals surface area contributed by atoms with Crippen LogP contribution in [-0.2, 0) is 0 Å². The van der Waals surface area contributed by atoms with E-state index in [0.29, 0.717) is 0 Å². The predicted octanol–water partition coefficient (Wildman–Crippen LogP) is 5.75. The Morgan fingerprint density at radius 3 is 0.829 bits per heavy atom. The first-order valence-corrected chi connectivity index (χ1v) is 14.8. The van der Waals surface area contributed by atoms with E-state index in [2.05, 4.69) is 86.9 Å². The van der Waals surface area contributed by atoms with Crippen LogP contribution in [0.5, 0.6) is 0 Å².